The number of carbonyl (C=O) groups excluding carboxylic acids is 3. The van der Waals surface area contributed by atoms with E-state index in [0.717, 1.165) is 15.4 Å². The molecule has 1 aliphatic heterocycles. The number of ether oxygens (including phenoxy) is 1. The topological polar surface area (TPSA) is 123 Å². The second kappa shape index (κ2) is 18.6. The Morgan fingerprint density at radius 3 is 1.90 bits per heavy atom. The van der Waals surface area contributed by atoms with E-state index in [1.807, 2.05) is 94.8 Å². The highest BCUT2D eigenvalue weighted by molar-refractivity contribution is 7.98. The summed E-state index contributed by atoms with van der Waals surface area (Å²) in [7, 11) is -4.13. The van der Waals surface area contributed by atoms with Crippen molar-refractivity contribution in [3.8, 4) is 11.5 Å². The highest BCUT2D eigenvalue weighted by Crippen LogP contribution is 2.54. The lowest BCUT2D eigenvalue weighted by molar-refractivity contribution is -0.140. The van der Waals surface area contributed by atoms with Crippen LogP contribution in [0.2, 0.25) is 0 Å². The van der Waals surface area contributed by atoms with Crippen LogP contribution in [0.15, 0.2) is 88.7 Å². The van der Waals surface area contributed by atoms with Crippen LogP contribution in [0.1, 0.15) is 52.5 Å². The summed E-state index contributed by atoms with van der Waals surface area (Å²) >= 11 is 3.14. The number of benzene rings is 3. The molecule has 4 rings (SSSR count). The normalized spacial score (nSPS) is 15.8. The predicted octanol–water partition coefficient (Wildman–Crippen LogP) is 8.21. The number of hydrogen-bond donors (Lipinski definition) is 2. The van der Waals surface area contributed by atoms with Crippen LogP contribution in [0.3, 0.4) is 0 Å². The van der Waals surface area contributed by atoms with Crippen molar-refractivity contribution in [2.24, 2.45) is 11.8 Å². The van der Waals surface area contributed by atoms with Gasteiger partial charge in [-0.05, 0) is 97.7 Å². The van der Waals surface area contributed by atoms with Gasteiger partial charge >= 0.3 is 13.7 Å². The Hall–Kier alpha value is -3.60. The van der Waals surface area contributed by atoms with Gasteiger partial charge in [-0.15, -0.1) is 23.5 Å². The third kappa shape index (κ3) is 10.9. The van der Waals surface area contributed by atoms with Crippen LogP contribution in [0.25, 0.3) is 0 Å². The van der Waals surface area contributed by atoms with Gasteiger partial charge in [0.1, 0.15) is 30.2 Å². The molecule has 1 unspecified atom stereocenters. The van der Waals surface area contributed by atoms with Crippen molar-refractivity contribution in [1.82, 2.24) is 15.5 Å². The maximum Gasteiger partial charge on any atom is 0.453 e. The minimum absolute atomic E-state index is 0.0637. The number of amides is 3. The van der Waals surface area contributed by atoms with Crippen molar-refractivity contribution in [2.45, 2.75) is 81.2 Å². The fraction of sp³-hybridized carbons (Fsp3) is 0.432. The third-order valence-corrected chi connectivity index (χ3v) is 12.0. The Kier molecular flexibility index (Phi) is 14.6. The van der Waals surface area contributed by atoms with Crippen molar-refractivity contribution in [2.75, 3.05) is 19.1 Å². The first-order valence-corrected chi connectivity index (χ1v) is 20.8. The van der Waals surface area contributed by atoms with E-state index in [0.29, 0.717) is 37.3 Å². The molecular formula is C37H48N3O7PS2. The maximum absolute atomic E-state index is 14.9. The van der Waals surface area contributed by atoms with Crippen LogP contribution in [0, 0.1) is 11.8 Å². The van der Waals surface area contributed by atoms with Gasteiger partial charge in [-0.1, -0.05) is 58.0 Å². The van der Waals surface area contributed by atoms with Gasteiger partial charge in [0.25, 0.3) is 0 Å². The molecule has 0 spiro atoms. The summed E-state index contributed by atoms with van der Waals surface area (Å²) in [5.41, 5.74) is 0.824. The van der Waals surface area contributed by atoms with E-state index in [1.54, 1.807) is 47.8 Å². The van der Waals surface area contributed by atoms with E-state index in [1.165, 1.54) is 4.90 Å². The molecule has 1 heterocycles. The van der Waals surface area contributed by atoms with Gasteiger partial charge in [-0.3, -0.25) is 9.59 Å². The van der Waals surface area contributed by atoms with E-state index in [4.69, 9.17) is 13.8 Å². The van der Waals surface area contributed by atoms with Gasteiger partial charge in [-0.2, -0.15) is 0 Å². The van der Waals surface area contributed by atoms with Gasteiger partial charge in [0.05, 0.1) is 0 Å². The first-order valence-electron chi connectivity index (χ1n) is 16.8. The molecule has 1 aliphatic rings. The van der Waals surface area contributed by atoms with Crippen molar-refractivity contribution in [3.05, 3.63) is 84.4 Å². The zero-order valence-electron chi connectivity index (χ0n) is 29.5. The number of likely N-dealkylation sites (tertiary alicyclic amines) is 1. The molecule has 0 aromatic heterocycles. The molecular weight excluding hydrogens is 694 g/mol. The number of alkyl carbamates (subject to hydrolysis) is 1. The van der Waals surface area contributed by atoms with Crippen LogP contribution in [0.5, 0.6) is 11.5 Å². The smallest absolute Gasteiger partial charge is 0.445 e. The summed E-state index contributed by atoms with van der Waals surface area (Å²) in [6.07, 6.45) is 4.58. The maximum atomic E-state index is 14.9. The van der Waals surface area contributed by atoms with Gasteiger partial charge in [-0.25, -0.2) is 9.36 Å². The summed E-state index contributed by atoms with van der Waals surface area (Å²) in [6.45, 7) is 7.98. The molecule has 50 heavy (non-hydrogen) atoms. The van der Waals surface area contributed by atoms with Crippen LogP contribution >= 0.6 is 31.1 Å². The molecule has 0 saturated carbocycles. The van der Waals surface area contributed by atoms with E-state index in [9.17, 15) is 18.9 Å². The number of nitrogens with one attached hydrogen (secondary N) is 2. The molecule has 1 saturated heterocycles. The van der Waals surface area contributed by atoms with Gasteiger partial charge in [0.2, 0.25) is 11.8 Å². The summed E-state index contributed by atoms with van der Waals surface area (Å²) in [4.78, 5) is 44.4. The number of rotatable bonds is 16. The lowest BCUT2D eigenvalue weighted by atomic mass is 10.0. The molecule has 270 valence electrons. The SMILES string of the molecule is CSc1ccc(OP(=O)(Oc2ccc(SC)cc2)C(NC(=O)[C@@H]2CCCN2C(=O)[C@H](CC(C)C)NC(=O)OCc2ccccc2)C(C)C)cc1. The summed E-state index contributed by atoms with van der Waals surface area (Å²) in [5.74, 6) is -1.50. The lowest BCUT2D eigenvalue weighted by Gasteiger charge is -2.33. The van der Waals surface area contributed by atoms with Crippen LogP contribution < -0.4 is 19.7 Å². The molecule has 2 N–H and O–H groups in total. The first kappa shape index (κ1) is 39.2. The minimum Gasteiger partial charge on any atom is -0.445 e. The highest BCUT2D eigenvalue weighted by Gasteiger charge is 2.45. The van der Waals surface area contributed by atoms with E-state index in [2.05, 4.69) is 10.6 Å². The van der Waals surface area contributed by atoms with E-state index in [-0.39, 0.29) is 24.3 Å². The fourth-order valence-corrected chi connectivity index (χ4v) is 8.58. The van der Waals surface area contributed by atoms with Crippen molar-refractivity contribution in [3.63, 3.8) is 0 Å². The monoisotopic (exact) mass is 741 g/mol. The number of thioether (sulfide) groups is 2. The fourth-order valence-electron chi connectivity index (χ4n) is 5.66. The number of carbonyl (C=O) groups is 3. The largest absolute Gasteiger partial charge is 0.453 e. The summed E-state index contributed by atoms with van der Waals surface area (Å²) < 4.78 is 32.6. The first-order chi connectivity index (χ1) is 23.9. The number of nitrogens with zero attached hydrogens (tertiary/aromatic N) is 1. The molecule has 3 aromatic rings. The van der Waals surface area contributed by atoms with Crippen molar-refractivity contribution < 1.29 is 32.7 Å². The second-order valence-electron chi connectivity index (χ2n) is 12.8. The molecule has 0 aliphatic carbocycles. The van der Waals surface area contributed by atoms with Gasteiger partial charge in [0, 0.05) is 16.3 Å². The molecule has 10 nitrogen and oxygen atoms in total. The Bertz CT molecular complexity index is 1550. The Labute approximate surface area is 304 Å². The van der Waals surface area contributed by atoms with Crippen LogP contribution in [0.4, 0.5) is 4.79 Å². The lowest BCUT2D eigenvalue weighted by Crippen LogP contribution is -2.55. The molecule has 13 heteroatoms. The average Bonchev–Trinajstić information content (AvgIpc) is 3.60. The average molecular weight is 742 g/mol. The Balaban J connectivity index is 1.54. The third-order valence-electron chi connectivity index (χ3n) is 8.20. The zero-order chi connectivity index (χ0) is 36.3. The van der Waals surface area contributed by atoms with E-state index >= 15 is 0 Å². The molecule has 0 radical (unpaired) electrons. The van der Waals surface area contributed by atoms with E-state index < -0.39 is 37.5 Å². The molecule has 1 fully saturated rings. The van der Waals surface area contributed by atoms with Gasteiger partial charge < -0.3 is 29.3 Å². The summed E-state index contributed by atoms with van der Waals surface area (Å²) in [6, 6.07) is 21.9. The minimum atomic E-state index is -4.13. The Morgan fingerprint density at radius 2 is 1.40 bits per heavy atom. The number of hydrogen-bond acceptors (Lipinski definition) is 9. The molecule has 0 bridgehead atoms. The summed E-state index contributed by atoms with van der Waals surface area (Å²) in [5, 5.41) is 5.70. The van der Waals surface area contributed by atoms with Crippen LogP contribution in [-0.2, 0) is 25.5 Å². The van der Waals surface area contributed by atoms with Crippen LogP contribution in [-0.4, -0.2) is 59.7 Å². The molecule has 3 atom stereocenters. The highest BCUT2D eigenvalue weighted by atomic mass is 32.2. The molecule has 3 amide bonds. The Morgan fingerprint density at radius 1 is 0.840 bits per heavy atom. The standard InChI is InChI=1S/C37H48N3O7PS2/c1-25(2)23-32(38-37(43)45-24-27-11-8-7-9-12-27)36(42)40-22-10-13-33(40)34(41)39-35(26(3)4)48(44,46-28-14-18-30(49-5)19-15-28)47-29-16-20-31(50-6)21-17-29/h7-9,11-12,14-21,25-26,32-33,35H,10,13,22-24H2,1-6H3,(H,38,43)(H,39,41)/t32-,33-,35?/m0/s1. The molecule has 3 aromatic carbocycles. The zero-order valence-corrected chi connectivity index (χ0v) is 32.0. The quantitative estimate of drug-likeness (QED) is 0.110. The van der Waals surface area contributed by atoms with Crippen molar-refractivity contribution in [1.29, 1.82) is 0 Å². The van der Waals surface area contributed by atoms with Gasteiger partial charge in [0.15, 0.2) is 5.78 Å². The van der Waals surface area contributed by atoms with Crippen molar-refractivity contribution >= 4 is 49.0 Å². The second-order valence-corrected chi connectivity index (χ2v) is 16.6. The predicted molar refractivity (Wildman–Crippen MR) is 200 cm³/mol.